The molecule has 0 spiro atoms. The molecular weight excluding hydrogens is 226 g/mol. The van der Waals surface area contributed by atoms with Crippen molar-refractivity contribution in [3.05, 3.63) is 0 Å². The van der Waals surface area contributed by atoms with Gasteiger partial charge in [0.15, 0.2) is 0 Å². The number of amides is 1. The third-order valence-electron chi connectivity index (χ3n) is 2.86. The van der Waals surface area contributed by atoms with E-state index in [1.165, 1.54) is 4.90 Å². The van der Waals surface area contributed by atoms with E-state index in [1.54, 1.807) is 0 Å². The summed E-state index contributed by atoms with van der Waals surface area (Å²) in [6.45, 7) is 4.99. The van der Waals surface area contributed by atoms with E-state index in [-0.39, 0.29) is 31.8 Å². The molecule has 6 nitrogen and oxygen atoms in total. The van der Waals surface area contributed by atoms with E-state index in [0.717, 1.165) is 0 Å². The lowest BCUT2D eigenvalue weighted by molar-refractivity contribution is -0.146. The van der Waals surface area contributed by atoms with E-state index < -0.39 is 11.9 Å². The Morgan fingerprint density at radius 2 is 2.12 bits per heavy atom. The summed E-state index contributed by atoms with van der Waals surface area (Å²) in [5.41, 5.74) is 0. The fraction of sp³-hybridized carbons (Fsp3) is 0.818. The van der Waals surface area contributed by atoms with Gasteiger partial charge in [0, 0.05) is 13.2 Å². The van der Waals surface area contributed by atoms with Gasteiger partial charge in [-0.15, -0.1) is 0 Å². The van der Waals surface area contributed by atoms with Crippen LogP contribution in [-0.2, 0) is 19.1 Å². The van der Waals surface area contributed by atoms with Crippen LogP contribution >= 0.6 is 0 Å². The highest BCUT2D eigenvalue weighted by Gasteiger charge is 2.39. The highest BCUT2D eigenvalue weighted by Crippen LogP contribution is 2.20. The Morgan fingerprint density at radius 1 is 1.41 bits per heavy atom. The Labute approximate surface area is 100 Å². The number of likely N-dealkylation sites (N-methyl/N-ethyl adjacent to an activating group) is 1. The van der Waals surface area contributed by atoms with E-state index in [0.29, 0.717) is 13.2 Å². The number of carbonyl (C=O) groups excluding carboxylic acids is 1. The number of carboxylic acids is 1. The quantitative estimate of drug-likeness (QED) is 0.711. The first-order chi connectivity index (χ1) is 8.11. The first-order valence-electron chi connectivity index (χ1n) is 5.79. The minimum atomic E-state index is -0.921. The van der Waals surface area contributed by atoms with Crippen molar-refractivity contribution in [2.45, 2.75) is 19.9 Å². The highest BCUT2D eigenvalue weighted by atomic mass is 16.5. The summed E-state index contributed by atoms with van der Waals surface area (Å²) in [6.07, 6.45) is 0. The van der Waals surface area contributed by atoms with E-state index >= 15 is 0 Å². The second-order valence-electron chi connectivity index (χ2n) is 3.87. The van der Waals surface area contributed by atoms with Crippen LogP contribution in [0.5, 0.6) is 0 Å². The molecule has 1 aliphatic rings. The average Bonchev–Trinajstić information content (AvgIpc) is 2.76. The normalized spacial score (nSPS) is 23.6. The maximum absolute atomic E-state index is 11.8. The summed E-state index contributed by atoms with van der Waals surface area (Å²) in [4.78, 5) is 24.4. The zero-order chi connectivity index (χ0) is 12.8. The lowest BCUT2D eigenvalue weighted by Crippen LogP contribution is -2.47. The van der Waals surface area contributed by atoms with Crippen molar-refractivity contribution in [3.8, 4) is 0 Å². The summed E-state index contributed by atoms with van der Waals surface area (Å²) in [5, 5.41) is 9.04. The van der Waals surface area contributed by atoms with Crippen molar-refractivity contribution in [1.29, 1.82) is 0 Å². The van der Waals surface area contributed by atoms with Gasteiger partial charge in [0.2, 0.25) is 5.91 Å². The Balaban J connectivity index is 2.65. The van der Waals surface area contributed by atoms with Gasteiger partial charge in [-0.2, -0.15) is 0 Å². The predicted molar refractivity (Wildman–Crippen MR) is 59.6 cm³/mol. The molecule has 1 heterocycles. The largest absolute Gasteiger partial charge is 0.481 e. The third-order valence-corrected chi connectivity index (χ3v) is 2.86. The molecule has 2 atom stereocenters. The molecule has 0 aliphatic carbocycles. The van der Waals surface area contributed by atoms with E-state index in [2.05, 4.69) is 0 Å². The predicted octanol–water partition coefficient (Wildman–Crippen LogP) is -0.0290. The number of hydrogen-bond acceptors (Lipinski definition) is 4. The zero-order valence-corrected chi connectivity index (χ0v) is 10.2. The second kappa shape index (κ2) is 6.56. The van der Waals surface area contributed by atoms with E-state index in [9.17, 15) is 9.59 Å². The molecule has 0 aromatic heterocycles. The van der Waals surface area contributed by atoms with Crippen molar-refractivity contribution in [3.63, 3.8) is 0 Å². The fourth-order valence-corrected chi connectivity index (χ4v) is 1.95. The van der Waals surface area contributed by atoms with E-state index in [1.807, 2.05) is 13.8 Å². The number of carboxylic acid groups (broad SMARTS) is 1. The molecule has 1 aliphatic heterocycles. The van der Waals surface area contributed by atoms with Gasteiger partial charge in [0.25, 0.3) is 0 Å². The van der Waals surface area contributed by atoms with Crippen LogP contribution in [0.25, 0.3) is 0 Å². The van der Waals surface area contributed by atoms with Gasteiger partial charge in [-0.25, -0.2) is 0 Å². The molecule has 2 unspecified atom stereocenters. The lowest BCUT2D eigenvalue weighted by atomic mass is 10.0. The van der Waals surface area contributed by atoms with Gasteiger partial charge < -0.3 is 19.5 Å². The SMILES string of the molecule is CCOCC(=O)N(CC)C1COCC1C(=O)O. The maximum Gasteiger partial charge on any atom is 0.311 e. The molecule has 0 aromatic carbocycles. The Morgan fingerprint density at radius 3 is 2.65 bits per heavy atom. The summed E-state index contributed by atoms with van der Waals surface area (Å²) in [6, 6.07) is -0.384. The van der Waals surface area contributed by atoms with Crippen molar-refractivity contribution < 1.29 is 24.2 Å². The molecule has 1 amide bonds. The van der Waals surface area contributed by atoms with Crippen LogP contribution in [0.15, 0.2) is 0 Å². The number of nitrogens with zero attached hydrogens (tertiary/aromatic N) is 1. The Hall–Kier alpha value is -1.14. The highest BCUT2D eigenvalue weighted by molar-refractivity contribution is 5.79. The zero-order valence-electron chi connectivity index (χ0n) is 10.2. The topological polar surface area (TPSA) is 76.1 Å². The molecule has 0 saturated carbocycles. The van der Waals surface area contributed by atoms with Crippen LogP contribution in [0.4, 0.5) is 0 Å². The number of hydrogen-bond donors (Lipinski definition) is 1. The Bertz CT molecular complexity index is 281. The molecule has 1 saturated heterocycles. The smallest absolute Gasteiger partial charge is 0.311 e. The van der Waals surface area contributed by atoms with Crippen LogP contribution < -0.4 is 0 Å². The minimum absolute atomic E-state index is 0.00677. The van der Waals surface area contributed by atoms with Gasteiger partial charge in [0.1, 0.15) is 12.5 Å². The first-order valence-corrected chi connectivity index (χ1v) is 5.79. The van der Waals surface area contributed by atoms with Crippen LogP contribution in [0.2, 0.25) is 0 Å². The molecule has 17 heavy (non-hydrogen) atoms. The molecule has 0 aromatic rings. The third kappa shape index (κ3) is 3.41. The molecule has 98 valence electrons. The number of ether oxygens (including phenoxy) is 2. The van der Waals surface area contributed by atoms with Crippen LogP contribution in [0, 0.1) is 5.92 Å². The summed E-state index contributed by atoms with van der Waals surface area (Å²) in [7, 11) is 0. The van der Waals surface area contributed by atoms with Crippen LogP contribution in [-0.4, -0.2) is 60.9 Å². The monoisotopic (exact) mass is 245 g/mol. The van der Waals surface area contributed by atoms with Crippen molar-refractivity contribution in [1.82, 2.24) is 4.90 Å². The standard InChI is InChI=1S/C11H19NO5/c1-3-12(10(13)7-16-4-2)9-6-17-5-8(9)11(14)15/h8-9H,3-7H2,1-2H3,(H,14,15). The molecule has 1 fully saturated rings. The summed E-state index contributed by atoms with van der Waals surface area (Å²) in [5.74, 6) is -1.74. The molecule has 1 N–H and O–H groups in total. The fourth-order valence-electron chi connectivity index (χ4n) is 1.95. The van der Waals surface area contributed by atoms with Crippen LogP contribution in [0.1, 0.15) is 13.8 Å². The number of aliphatic carboxylic acids is 1. The summed E-state index contributed by atoms with van der Waals surface area (Å²) >= 11 is 0. The van der Waals surface area contributed by atoms with E-state index in [4.69, 9.17) is 14.6 Å². The summed E-state index contributed by atoms with van der Waals surface area (Å²) < 4.78 is 10.2. The van der Waals surface area contributed by atoms with Crippen molar-refractivity contribution in [2.24, 2.45) is 5.92 Å². The van der Waals surface area contributed by atoms with Crippen LogP contribution in [0.3, 0.4) is 0 Å². The van der Waals surface area contributed by atoms with Crippen molar-refractivity contribution >= 4 is 11.9 Å². The van der Waals surface area contributed by atoms with Gasteiger partial charge >= 0.3 is 5.97 Å². The number of carbonyl (C=O) groups is 2. The van der Waals surface area contributed by atoms with Gasteiger partial charge in [-0.1, -0.05) is 0 Å². The molecule has 0 bridgehead atoms. The number of rotatable bonds is 6. The maximum atomic E-state index is 11.8. The molecule has 6 heteroatoms. The van der Waals surface area contributed by atoms with Gasteiger partial charge in [0.05, 0.1) is 19.3 Å². The van der Waals surface area contributed by atoms with Gasteiger partial charge in [-0.3, -0.25) is 9.59 Å². The second-order valence-corrected chi connectivity index (χ2v) is 3.87. The Kier molecular flexibility index (Phi) is 5.37. The molecule has 0 radical (unpaired) electrons. The van der Waals surface area contributed by atoms with Gasteiger partial charge in [-0.05, 0) is 13.8 Å². The molecule has 1 rings (SSSR count). The lowest BCUT2D eigenvalue weighted by Gasteiger charge is -2.29. The molecular formula is C11H19NO5. The average molecular weight is 245 g/mol. The first kappa shape index (κ1) is 13.9. The van der Waals surface area contributed by atoms with Crippen molar-refractivity contribution in [2.75, 3.05) is 33.0 Å². The minimum Gasteiger partial charge on any atom is -0.481 e.